The Hall–Kier alpha value is -3.19. The Bertz CT molecular complexity index is 1240. The van der Waals surface area contributed by atoms with Gasteiger partial charge in [-0.05, 0) is 29.8 Å². The van der Waals surface area contributed by atoms with Gasteiger partial charge in [-0.3, -0.25) is 9.97 Å². The summed E-state index contributed by atoms with van der Waals surface area (Å²) in [4.78, 5) is 8.23. The predicted octanol–water partition coefficient (Wildman–Crippen LogP) is 6.52. The van der Waals surface area contributed by atoms with Gasteiger partial charge in [0.1, 0.15) is 17.1 Å². The third-order valence-electron chi connectivity index (χ3n) is 5.08. The number of aromatic hydroxyl groups is 1. The molecule has 0 radical (unpaired) electrons. The van der Waals surface area contributed by atoms with Gasteiger partial charge in [0.25, 0.3) is 0 Å². The van der Waals surface area contributed by atoms with Crippen molar-refractivity contribution in [2.24, 2.45) is 0 Å². The standard InChI is InChI=1S/C23H15ClF4N2O/c24-16-10-19(25)20(30-12-16)11-18(13-3-6-15(7-4-13)23(26,27)28)17-8-5-14-2-1-9-29-21(14)22(17)31/h1-10,12,18,31H,11H2. The van der Waals surface area contributed by atoms with Crippen LogP contribution in [0.15, 0.2) is 67.0 Å². The van der Waals surface area contributed by atoms with Crippen LogP contribution in [0.2, 0.25) is 5.02 Å². The van der Waals surface area contributed by atoms with Crippen molar-refractivity contribution in [2.75, 3.05) is 0 Å². The Morgan fingerprint density at radius 2 is 1.74 bits per heavy atom. The van der Waals surface area contributed by atoms with E-state index in [0.29, 0.717) is 22.0 Å². The van der Waals surface area contributed by atoms with Gasteiger partial charge in [0.15, 0.2) is 0 Å². The quantitative estimate of drug-likeness (QED) is 0.363. The fourth-order valence-corrected chi connectivity index (χ4v) is 3.67. The molecule has 0 amide bonds. The molecule has 0 aliphatic heterocycles. The van der Waals surface area contributed by atoms with E-state index in [9.17, 15) is 22.7 Å². The summed E-state index contributed by atoms with van der Waals surface area (Å²) >= 11 is 5.78. The highest BCUT2D eigenvalue weighted by molar-refractivity contribution is 6.30. The monoisotopic (exact) mass is 446 g/mol. The molecule has 2 aromatic heterocycles. The maximum Gasteiger partial charge on any atom is 0.416 e. The summed E-state index contributed by atoms with van der Waals surface area (Å²) < 4.78 is 53.4. The van der Waals surface area contributed by atoms with Crippen LogP contribution in [-0.2, 0) is 12.6 Å². The van der Waals surface area contributed by atoms with Crippen LogP contribution in [0.3, 0.4) is 0 Å². The second-order valence-electron chi connectivity index (χ2n) is 7.04. The average molecular weight is 447 g/mol. The number of nitrogens with zero attached hydrogens (tertiary/aromatic N) is 2. The molecule has 1 unspecified atom stereocenters. The van der Waals surface area contributed by atoms with Crippen LogP contribution in [0.4, 0.5) is 17.6 Å². The summed E-state index contributed by atoms with van der Waals surface area (Å²) in [5.74, 6) is -1.42. The SMILES string of the molecule is Oc1c(C(Cc2ncc(Cl)cc2F)c2ccc(C(F)(F)F)cc2)ccc2cccnc12. The topological polar surface area (TPSA) is 46.0 Å². The molecule has 2 heterocycles. The molecular formula is C23H15ClF4N2O. The lowest BCUT2D eigenvalue weighted by Gasteiger charge is -2.20. The number of pyridine rings is 2. The van der Waals surface area contributed by atoms with Crippen molar-refractivity contribution in [2.45, 2.75) is 18.5 Å². The van der Waals surface area contributed by atoms with Gasteiger partial charge in [-0.15, -0.1) is 0 Å². The Balaban J connectivity index is 1.84. The number of rotatable bonds is 4. The summed E-state index contributed by atoms with van der Waals surface area (Å²) in [6.07, 6.45) is -1.65. The number of phenols is 1. The second-order valence-corrected chi connectivity index (χ2v) is 7.47. The van der Waals surface area contributed by atoms with E-state index < -0.39 is 23.5 Å². The van der Waals surface area contributed by atoms with E-state index in [1.54, 1.807) is 24.3 Å². The van der Waals surface area contributed by atoms with Crippen molar-refractivity contribution in [1.29, 1.82) is 0 Å². The molecule has 0 aliphatic carbocycles. The van der Waals surface area contributed by atoms with E-state index in [1.165, 1.54) is 24.5 Å². The summed E-state index contributed by atoms with van der Waals surface area (Å²) in [5.41, 5.74) is 0.503. The van der Waals surface area contributed by atoms with Crippen molar-refractivity contribution < 1.29 is 22.7 Å². The zero-order chi connectivity index (χ0) is 22.2. The molecule has 0 fully saturated rings. The van der Waals surface area contributed by atoms with Gasteiger partial charge in [-0.1, -0.05) is 41.9 Å². The van der Waals surface area contributed by atoms with Crippen molar-refractivity contribution >= 4 is 22.5 Å². The molecule has 0 aliphatic rings. The van der Waals surface area contributed by atoms with Gasteiger partial charge < -0.3 is 5.11 Å². The molecule has 4 aromatic rings. The van der Waals surface area contributed by atoms with Gasteiger partial charge in [-0.25, -0.2) is 4.39 Å². The molecule has 4 rings (SSSR count). The number of aromatic nitrogens is 2. The fourth-order valence-electron chi connectivity index (χ4n) is 3.52. The first kappa shape index (κ1) is 21.1. The highest BCUT2D eigenvalue weighted by Crippen LogP contribution is 2.39. The first-order valence-corrected chi connectivity index (χ1v) is 9.65. The second kappa shape index (κ2) is 8.15. The molecule has 1 N–H and O–H groups in total. The van der Waals surface area contributed by atoms with Gasteiger partial charge in [0.2, 0.25) is 0 Å². The number of phenolic OH excluding ortho intramolecular Hbond substituents is 1. The predicted molar refractivity (Wildman–Crippen MR) is 110 cm³/mol. The number of hydrogen-bond donors (Lipinski definition) is 1. The van der Waals surface area contributed by atoms with Crippen LogP contribution in [-0.4, -0.2) is 15.1 Å². The van der Waals surface area contributed by atoms with Crippen molar-refractivity contribution in [3.8, 4) is 5.75 Å². The zero-order valence-corrected chi connectivity index (χ0v) is 16.6. The molecule has 0 bridgehead atoms. The van der Waals surface area contributed by atoms with E-state index in [4.69, 9.17) is 11.6 Å². The Kier molecular flexibility index (Phi) is 5.54. The average Bonchev–Trinajstić information content (AvgIpc) is 2.74. The summed E-state index contributed by atoms with van der Waals surface area (Å²) in [5, 5.41) is 11.7. The van der Waals surface area contributed by atoms with Crippen LogP contribution >= 0.6 is 11.6 Å². The molecule has 0 spiro atoms. The lowest BCUT2D eigenvalue weighted by Crippen LogP contribution is -2.10. The van der Waals surface area contributed by atoms with Crippen LogP contribution in [0.25, 0.3) is 10.9 Å². The summed E-state index contributed by atoms with van der Waals surface area (Å²) in [6.45, 7) is 0. The van der Waals surface area contributed by atoms with E-state index in [1.807, 2.05) is 0 Å². The van der Waals surface area contributed by atoms with Crippen LogP contribution in [0, 0.1) is 5.82 Å². The maximum atomic E-state index is 14.4. The van der Waals surface area contributed by atoms with Crippen molar-refractivity contribution in [3.63, 3.8) is 0 Å². The number of hydrogen-bond acceptors (Lipinski definition) is 3. The molecule has 1 atom stereocenters. The highest BCUT2D eigenvalue weighted by atomic mass is 35.5. The molecule has 2 aromatic carbocycles. The number of halogens is 5. The van der Waals surface area contributed by atoms with E-state index in [-0.39, 0.29) is 22.9 Å². The fraction of sp³-hybridized carbons (Fsp3) is 0.130. The molecular weight excluding hydrogens is 432 g/mol. The molecule has 31 heavy (non-hydrogen) atoms. The number of alkyl halides is 3. The minimum atomic E-state index is -4.48. The lowest BCUT2D eigenvalue weighted by atomic mass is 9.85. The molecule has 0 saturated carbocycles. The Morgan fingerprint density at radius 3 is 2.42 bits per heavy atom. The smallest absolute Gasteiger partial charge is 0.416 e. The summed E-state index contributed by atoms with van der Waals surface area (Å²) in [7, 11) is 0. The van der Waals surface area contributed by atoms with Gasteiger partial charge in [0.05, 0.1) is 16.3 Å². The van der Waals surface area contributed by atoms with Crippen LogP contribution < -0.4 is 0 Å². The highest BCUT2D eigenvalue weighted by Gasteiger charge is 2.31. The minimum absolute atomic E-state index is 0.000265. The van der Waals surface area contributed by atoms with Crippen molar-refractivity contribution in [3.05, 3.63) is 100 Å². The van der Waals surface area contributed by atoms with E-state index in [2.05, 4.69) is 9.97 Å². The van der Waals surface area contributed by atoms with E-state index in [0.717, 1.165) is 18.2 Å². The summed E-state index contributed by atoms with van der Waals surface area (Å²) in [6, 6.07) is 12.6. The van der Waals surface area contributed by atoms with E-state index >= 15 is 0 Å². The number of benzene rings is 2. The lowest BCUT2D eigenvalue weighted by molar-refractivity contribution is -0.137. The minimum Gasteiger partial charge on any atom is -0.505 e. The molecule has 8 heteroatoms. The Morgan fingerprint density at radius 1 is 1.00 bits per heavy atom. The first-order chi connectivity index (χ1) is 14.7. The van der Waals surface area contributed by atoms with Crippen LogP contribution in [0.1, 0.15) is 28.3 Å². The third kappa shape index (κ3) is 4.32. The van der Waals surface area contributed by atoms with Gasteiger partial charge >= 0.3 is 6.18 Å². The maximum absolute atomic E-state index is 14.4. The third-order valence-corrected chi connectivity index (χ3v) is 5.28. The normalized spacial score (nSPS) is 12.8. The first-order valence-electron chi connectivity index (χ1n) is 9.27. The largest absolute Gasteiger partial charge is 0.505 e. The molecule has 3 nitrogen and oxygen atoms in total. The van der Waals surface area contributed by atoms with Crippen molar-refractivity contribution in [1.82, 2.24) is 9.97 Å². The van der Waals surface area contributed by atoms with Gasteiger partial charge in [-0.2, -0.15) is 13.2 Å². The van der Waals surface area contributed by atoms with Gasteiger partial charge in [0, 0.05) is 35.7 Å². The number of fused-ring (bicyclic) bond motifs is 1. The Labute approximate surface area is 180 Å². The molecule has 0 saturated heterocycles. The van der Waals surface area contributed by atoms with Crippen LogP contribution in [0.5, 0.6) is 5.75 Å². The molecule has 158 valence electrons. The zero-order valence-electron chi connectivity index (χ0n) is 15.9.